The van der Waals surface area contributed by atoms with Crippen LogP contribution in [0.4, 0.5) is 0 Å². The zero-order valence-corrected chi connectivity index (χ0v) is 20.3. The number of amides is 3. The number of imidazole rings is 1. The molecule has 2 aromatic heterocycles. The summed E-state index contributed by atoms with van der Waals surface area (Å²) in [4.78, 5) is 70.2. The van der Waals surface area contributed by atoms with Crippen molar-refractivity contribution in [3.63, 3.8) is 0 Å². The Morgan fingerprint density at radius 2 is 1.74 bits per heavy atom. The first-order valence-electron chi connectivity index (χ1n) is 11.7. The van der Waals surface area contributed by atoms with E-state index in [1.807, 2.05) is 18.2 Å². The van der Waals surface area contributed by atoms with Gasteiger partial charge in [0.1, 0.15) is 12.1 Å². The SMILES string of the molecule is NC(Cc1cnc[nH]1)C(=O)NCC(=O)NC(CCC(=O)O)C(=O)NC(Cc1c[nH]c2ccccc12)C(=O)O. The molecular formula is C24H29N7O7. The van der Waals surface area contributed by atoms with Crippen molar-refractivity contribution in [3.05, 3.63) is 54.2 Å². The molecule has 0 bridgehead atoms. The van der Waals surface area contributed by atoms with E-state index < -0.39 is 60.8 Å². The predicted molar refractivity (Wildman–Crippen MR) is 134 cm³/mol. The Kier molecular flexibility index (Phi) is 9.54. The van der Waals surface area contributed by atoms with Crippen molar-refractivity contribution in [2.75, 3.05) is 6.54 Å². The fourth-order valence-corrected chi connectivity index (χ4v) is 3.80. The second kappa shape index (κ2) is 13.0. The monoisotopic (exact) mass is 527 g/mol. The Bertz CT molecular complexity index is 1290. The van der Waals surface area contributed by atoms with Gasteiger partial charge < -0.3 is 41.9 Å². The van der Waals surface area contributed by atoms with E-state index in [1.54, 1.807) is 12.3 Å². The third-order valence-electron chi connectivity index (χ3n) is 5.77. The molecule has 0 aliphatic rings. The van der Waals surface area contributed by atoms with Crippen LogP contribution in [0.15, 0.2) is 43.0 Å². The molecule has 0 fully saturated rings. The highest BCUT2D eigenvalue weighted by Crippen LogP contribution is 2.19. The summed E-state index contributed by atoms with van der Waals surface area (Å²) in [7, 11) is 0. The number of nitrogens with two attached hydrogens (primary N) is 1. The second-order valence-corrected chi connectivity index (χ2v) is 8.62. The van der Waals surface area contributed by atoms with Gasteiger partial charge in [0.2, 0.25) is 17.7 Å². The van der Waals surface area contributed by atoms with Crippen LogP contribution in [-0.2, 0) is 36.8 Å². The number of carboxylic acid groups (broad SMARTS) is 2. The number of fused-ring (bicyclic) bond motifs is 1. The summed E-state index contributed by atoms with van der Waals surface area (Å²) < 4.78 is 0. The molecule has 0 aliphatic carbocycles. The van der Waals surface area contributed by atoms with Crippen LogP contribution in [0.2, 0.25) is 0 Å². The van der Waals surface area contributed by atoms with Gasteiger partial charge in [-0.05, 0) is 18.1 Å². The summed E-state index contributed by atoms with van der Waals surface area (Å²) in [6.45, 7) is -0.524. The zero-order valence-electron chi connectivity index (χ0n) is 20.3. The molecule has 1 aromatic carbocycles. The van der Waals surface area contributed by atoms with Gasteiger partial charge in [-0.3, -0.25) is 19.2 Å². The lowest BCUT2D eigenvalue weighted by Gasteiger charge is -2.21. The number of aromatic amines is 2. The molecule has 14 heteroatoms. The standard InChI is InChI=1S/C24H29N7O7/c25-16(8-14-10-26-12-29-14)22(35)28-11-20(32)30-18(5-6-21(33)34)23(36)31-19(24(37)38)7-13-9-27-17-4-2-1-3-15(13)17/h1-4,9-10,12,16,18-19,27H,5-8,11,25H2,(H,26,29)(H,28,35)(H,30,32)(H,31,36)(H,33,34)(H,37,38). The van der Waals surface area contributed by atoms with Crippen molar-refractivity contribution < 1.29 is 34.2 Å². The highest BCUT2D eigenvalue weighted by Gasteiger charge is 2.28. The number of carbonyl (C=O) groups is 5. The Balaban J connectivity index is 1.60. The lowest BCUT2D eigenvalue weighted by Crippen LogP contribution is -2.54. The van der Waals surface area contributed by atoms with Gasteiger partial charge in [-0.1, -0.05) is 18.2 Å². The average molecular weight is 528 g/mol. The van der Waals surface area contributed by atoms with Crippen LogP contribution in [0, 0.1) is 0 Å². The molecule has 202 valence electrons. The number of para-hydroxylation sites is 1. The summed E-state index contributed by atoms with van der Waals surface area (Å²) >= 11 is 0. The quantitative estimate of drug-likeness (QED) is 0.129. The van der Waals surface area contributed by atoms with Gasteiger partial charge in [0.15, 0.2) is 0 Å². The van der Waals surface area contributed by atoms with E-state index in [0.717, 1.165) is 10.9 Å². The first-order chi connectivity index (χ1) is 18.1. The van der Waals surface area contributed by atoms with Crippen LogP contribution >= 0.6 is 0 Å². The number of carbonyl (C=O) groups excluding carboxylic acids is 3. The molecule has 3 unspecified atom stereocenters. The molecule has 2 heterocycles. The lowest BCUT2D eigenvalue weighted by molar-refractivity contribution is -0.143. The van der Waals surface area contributed by atoms with Crippen molar-refractivity contribution in [2.45, 2.75) is 43.8 Å². The molecule has 14 nitrogen and oxygen atoms in total. The van der Waals surface area contributed by atoms with E-state index in [2.05, 4.69) is 30.9 Å². The smallest absolute Gasteiger partial charge is 0.326 e. The van der Waals surface area contributed by atoms with Gasteiger partial charge >= 0.3 is 11.9 Å². The number of aromatic nitrogens is 3. The summed E-state index contributed by atoms with van der Waals surface area (Å²) in [5.74, 6) is -4.77. The van der Waals surface area contributed by atoms with Crippen LogP contribution in [0.5, 0.6) is 0 Å². The van der Waals surface area contributed by atoms with Crippen molar-refractivity contribution in [2.24, 2.45) is 5.73 Å². The van der Waals surface area contributed by atoms with E-state index in [1.165, 1.54) is 12.5 Å². The summed E-state index contributed by atoms with van der Waals surface area (Å²) in [5.41, 5.74) is 7.91. The van der Waals surface area contributed by atoms with Crippen LogP contribution in [-0.4, -0.2) is 79.5 Å². The van der Waals surface area contributed by atoms with E-state index in [9.17, 15) is 29.1 Å². The maximum atomic E-state index is 12.9. The molecule has 9 N–H and O–H groups in total. The number of rotatable bonds is 14. The minimum Gasteiger partial charge on any atom is -0.481 e. The maximum Gasteiger partial charge on any atom is 0.326 e. The topological polar surface area (TPSA) is 232 Å². The van der Waals surface area contributed by atoms with Gasteiger partial charge in [0, 0.05) is 48.3 Å². The van der Waals surface area contributed by atoms with Crippen LogP contribution in [0.1, 0.15) is 24.1 Å². The zero-order chi connectivity index (χ0) is 27.7. The first-order valence-corrected chi connectivity index (χ1v) is 11.7. The Morgan fingerprint density at radius 1 is 0.974 bits per heavy atom. The van der Waals surface area contributed by atoms with Crippen LogP contribution in [0.3, 0.4) is 0 Å². The average Bonchev–Trinajstić information content (AvgIpc) is 3.54. The summed E-state index contributed by atoms with van der Waals surface area (Å²) in [5, 5.41) is 26.6. The number of nitrogens with one attached hydrogen (secondary N) is 5. The highest BCUT2D eigenvalue weighted by atomic mass is 16.4. The van der Waals surface area contributed by atoms with Crippen LogP contribution < -0.4 is 21.7 Å². The van der Waals surface area contributed by atoms with E-state index in [4.69, 9.17) is 10.8 Å². The number of hydrogen-bond acceptors (Lipinski definition) is 7. The molecule has 3 aromatic rings. The van der Waals surface area contributed by atoms with Crippen molar-refractivity contribution >= 4 is 40.6 Å². The normalized spacial score (nSPS) is 13.3. The Morgan fingerprint density at radius 3 is 2.42 bits per heavy atom. The molecule has 0 aliphatic heterocycles. The molecular weight excluding hydrogens is 498 g/mol. The Labute approximate surface area is 216 Å². The number of carboxylic acids is 2. The third kappa shape index (κ3) is 7.89. The van der Waals surface area contributed by atoms with Crippen molar-refractivity contribution in [1.82, 2.24) is 30.9 Å². The van der Waals surface area contributed by atoms with E-state index in [0.29, 0.717) is 11.3 Å². The molecule has 38 heavy (non-hydrogen) atoms. The predicted octanol–water partition coefficient (Wildman–Crippen LogP) is -0.961. The summed E-state index contributed by atoms with van der Waals surface area (Å²) in [6.07, 6.45) is 3.95. The van der Waals surface area contributed by atoms with Gasteiger partial charge in [-0.15, -0.1) is 0 Å². The first kappa shape index (κ1) is 27.9. The molecule has 3 amide bonds. The van der Waals surface area contributed by atoms with Gasteiger partial charge in [-0.25, -0.2) is 9.78 Å². The Hall–Kier alpha value is -4.72. The molecule has 0 spiro atoms. The fraction of sp³-hybridized carbons (Fsp3) is 0.333. The number of hydrogen-bond donors (Lipinski definition) is 8. The number of nitrogens with zero attached hydrogens (tertiary/aromatic N) is 1. The highest BCUT2D eigenvalue weighted by molar-refractivity contribution is 5.93. The second-order valence-electron chi connectivity index (χ2n) is 8.62. The fourth-order valence-electron chi connectivity index (χ4n) is 3.80. The molecule has 3 atom stereocenters. The molecule has 0 saturated carbocycles. The number of benzene rings is 1. The number of H-pyrrole nitrogens is 2. The van der Waals surface area contributed by atoms with Gasteiger partial charge in [0.05, 0.1) is 18.9 Å². The van der Waals surface area contributed by atoms with E-state index in [-0.39, 0.29) is 19.3 Å². The van der Waals surface area contributed by atoms with Crippen LogP contribution in [0.25, 0.3) is 10.9 Å². The molecule has 3 rings (SSSR count). The minimum absolute atomic E-state index is 0.0467. The summed E-state index contributed by atoms with van der Waals surface area (Å²) in [6, 6.07) is 3.61. The molecule has 0 saturated heterocycles. The largest absolute Gasteiger partial charge is 0.481 e. The maximum absolute atomic E-state index is 12.9. The molecule has 0 radical (unpaired) electrons. The van der Waals surface area contributed by atoms with Gasteiger partial charge in [0.25, 0.3) is 0 Å². The van der Waals surface area contributed by atoms with Crippen molar-refractivity contribution in [1.29, 1.82) is 0 Å². The van der Waals surface area contributed by atoms with Crippen molar-refractivity contribution in [3.8, 4) is 0 Å². The minimum atomic E-state index is -1.35. The van der Waals surface area contributed by atoms with Gasteiger partial charge in [-0.2, -0.15) is 0 Å². The van der Waals surface area contributed by atoms with E-state index >= 15 is 0 Å². The lowest BCUT2D eigenvalue weighted by atomic mass is 10.0. The third-order valence-corrected chi connectivity index (χ3v) is 5.77. The number of aliphatic carboxylic acids is 2.